The van der Waals surface area contributed by atoms with Gasteiger partial charge in [0, 0.05) is 6.61 Å². The van der Waals surface area contributed by atoms with Gasteiger partial charge in [0.2, 0.25) is 0 Å². The summed E-state index contributed by atoms with van der Waals surface area (Å²) in [7, 11) is -6.47. The van der Waals surface area contributed by atoms with E-state index in [-0.39, 0.29) is 37.7 Å². The van der Waals surface area contributed by atoms with Crippen molar-refractivity contribution in [3.05, 3.63) is 0 Å². The fraction of sp³-hybridized carbons (Fsp3) is 1.00. The van der Waals surface area contributed by atoms with Gasteiger partial charge in [0.25, 0.3) is 0 Å². The van der Waals surface area contributed by atoms with Gasteiger partial charge in [0.05, 0.1) is 0 Å². The van der Waals surface area contributed by atoms with E-state index >= 15 is 0 Å². The van der Waals surface area contributed by atoms with E-state index in [2.05, 4.69) is 11.2 Å². The van der Waals surface area contributed by atoms with Gasteiger partial charge >= 0.3 is 54.2 Å². The molecule has 2 unspecified atom stereocenters. The van der Waals surface area contributed by atoms with E-state index in [1.165, 1.54) is 83.5 Å². The van der Waals surface area contributed by atoms with Crippen molar-refractivity contribution in [2.45, 2.75) is 96.8 Å². The first kappa shape index (κ1) is 31.0. The van der Waals surface area contributed by atoms with Crippen molar-refractivity contribution in [2.24, 2.45) is 0 Å². The summed E-state index contributed by atoms with van der Waals surface area (Å²) in [5.74, 6) is 0. The third-order valence-electron chi connectivity index (χ3n) is 3.65. The third-order valence-corrected chi connectivity index (χ3v) is 4.71. The van der Waals surface area contributed by atoms with Crippen molar-refractivity contribution in [2.75, 3.05) is 6.61 Å². The predicted octanol–water partition coefficient (Wildman–Crippen LogP) is 4.12. The van der Waals surface area contributed by atoms with Gasteiger partial charge in [-0.1, -0.05) is 90.4 Å². The van der Waals surface area contributed by atoms with Gasteiger partial charge in [-0.15, -0.1) is 0 Å². The quantitative estimate of drug-likeness (QED) is 0.227. The first-order chi connectivity index (χ1) is 11.5. The van der Waals surface area contributed by atoms with Crippen molar-refractivity contribution in [1.82, 2.24) is 0 Å². The summed E-state index contributed by atoms with van der Waals surface area (Å²) in [5, 5.41) is 8.64. The van der Waals surface area contributed by atoms with Crippen molar-refractivity contribution in [3.8, 4) is 0 Å². The third kappa shape index (κ3) is 36.9. The van der Waals surface area contributed by atoms with Crippen LogP contribution in [0.1, 0.15) is 96.8 Å². The van der Waals surface area contributed by atoms with E-state index in [0.29, 0.717) is 6.61 Å². The maximum Gasteiger partial charge on any atom is 2.00 e. The van der Waals surface area contributed by atoms with Crippen LogP contribution in [0.5, 0.6) is 0 Å². The average molecular weight is 424 g/mol. The monoisotopic (exact) mass is 424 g/mol. The van der Waals surface area contributed by atoms with Crippen LogP contribution in [0.2, 0.25) is 0 Å². The summed E-state index contributed by atoms with van der Waals surface area (Å²) in [5.41, 5.74) is 0. The Bertz CT molecular complexity index is 270. The van der Waals surface area contributed by atoms with E-state index < -0.39 is 16.5 Å². The predicted molar refractivity (Wildman–Crippen MR) is 99.4 cm³/mol. The molecule has 9 heteroatoms. The van der Waals surface area contributed by atoms with Gasteiger partial charge in [-0.2, -0.15) is 0 Å². The largest absolute Gasteiger partial charge is 2.00 e. The van der Waals surface area contributed by atoms with Crippen molar-refractivity contribution < 1.29 is 28.3 Å². The number of rotatable bonds is 16. The van der Waals surface area contributed by atoms with E-state index in [9.17, 15) is 18.9 Å². The second-order valence-corrected chi connectivity index (χ2v) is 7.40. The second kappa shape index (κ2) is 27.5. The van der Waals surface area contributed by atoms with Crippen molar-refractivity contribution in [1.29, 1.82) is 0 Å². The van der Waals surface area contributed by atoms with E-state index in [1.807, 2.05) is 0 Å². The first-order valence-electron chi connectivity index (χ1n) is 9.12. The molecule has 0 aromatic carbocycles. The summed E-state index contributed by atoms with van der Waals surface area (Å²) in [6.45, 7) is 2.65. The summed E-state index contributed by atoms with van der Waals surface area (Å²) in [6.07, 6.45) is 19.2. The molecule has 0 rings (SSSR count). The van der Waals surface area contributed by atoms with Crippen LogP contribution < -0.4 is 9.79 Å². The molecule has 0 saturated carbocycles. The van der Waals surface area contributed by atoms with Crippen LogP contribution in [0.25, 0.3) is 0 Å². The maximum atomic E-state index is 9.24. The second-order valence-electron chi connectivity index (χ2n) is 5.85. The zero-order valence-corrected chi connectivity index (χ0v) is 19.7. The molecule has 0 fully saturated rings. The summed E-state index contributed by atoms with van der Waals surface area (Å²) < 4.78 is 21.6. The normalized spacial score (nSPS) is 11.2. The zero-order chi connectivity index (χ0) is 18.5. The van der Waals surface area contributed by atoms with Gasteiger partial charge in [-0.25, -0.2) is 0 Å². The molecule has 0 bridgehead atoms. The maximum absolute atomic E-state index is 9.24. The molecule has 2 atom stereocenters. The van der Waals surface area contributed by atoms with Gasteiger partial charge in [0.15, 0.2) is 0 Å². The summed E-state index contributed by atoms with van der Waals surface area (Å²) in [4.78, 5) is 18.5. The number of aliphatic hydroxyl groups is 1. The number of hydrogen-bond donors (Lipinski definition) is 1. The summed E-state index contributed by atoms with van der Waals surface area (Å²) in [6, 6.07) is 0. The topological polar surface area (TPSA) is 110 Å². The molecule has 25 heavy (non-hydrogen) atoms. The number of hydrogen-bond acceptors (Lipinski definition) is 6. The Morgan fingerprint density at radius 2 is 0.960 bits per heavy atom. The fourth-order valence-electron chi connectivity index (χ4n) is 2.36. The molecular formula is C16H34CaO6P2+2. The number of unbranched alkanes of at least 4 members (excludes halogenated alkanes) is 13. The first-order valence-corrected chi connectivity index (χ1v) is 11.3. The van der Waals surface area contributed by atoms with Crippen molar-refractivity contribution in [3.63, 3.8) is 0 Å². The fourth-order valence-corrected chi connectivity index (χ4v) is 2.80. The average Bonchev–Trinajstić information content (AvgIpc) is 2.51. The van der Waals surface area contributed by atoms with Gasteiger partial charge < -0.3 is 14.9 Å². The molecule has 0 aromatic heterocycles. The minimum atomic E-state index is -3.24. The van der Waals surface area contributed by atoms with E-state index in [4.69, 9.17) is 5.11 Å². The molecule has 0 saturated heterocycles. The molecule has 0 radical (unpaired) electrons. The zero-order valence-electron chi connectivity index (χ0n) is 15.7. The molecule has 0 amide bonds. The van der Waals surface area contributed by atoms with E-state index in [0.717, 1.165) is 6.42 Å². The van der Waals surface area contributed by atoms with Crippen LogP contribution in [-0.4, -0.2) is 49.5 Å². The Hall–Kier alpha value is 1.30. The van der Waals surface area contributed by atoms with Gasteiger partial charge in [0.1, 0.15) is 4.31 Å². The molecular weight excluding hydrogens is 390 g/mol. The van der Waals surface area contributed by atoms with Crippen LogP contribution in [0.15, 0.2) is 0 Å². The van der Waals surface area contributed by atoms with Crippen LogP contribution in [0, 0.1) is 0 Å². The van der Waals surface area contributed by atoms with Crippen molar-refractivity contribution >= 4 is 54.2 Å². The Morgan fingerprint density at radius 1 is 0.680 bits per heavy atom. The molecule has 0 aromatic rings. The molecule has 144 valence electrons. The number of aliphatic hydroxyl groups excluding tert-OH is 1. The molecule has 0 spiro atoms. The minimum Gasteiger partial charge on any atom is -0.563 e. The molecule has 0 aliphatic rings. The molecule has 6 nitrogen and oxygen atoms in total. The summed E-state index contributed by atoms with van der Waals surface area (Å²) >= 11 is 0. The Kier molecular flexibility index (Phi) is 34.1. The minimum absolute atomic E-state index is 0. The van der Waals surface area contributed by atoms with E-state index in [1.54, 1.807) is 0 Å². The Balaban J connectivity index is -0.000000513. The van der Waals surface area contributed by atoms with Crippen LogP contribution in [0.4, 0.5) is 0 Å². The Labute approximate surface area is 185 Å². The Morgan fingerprint density at radius 3 is 1.16 bits per heavy atom. The van der Waals surface area contributed by atoms with Crippen LogP contribution in [-0.2, 0) is 13.4 Å². The molecule has 0 aliphatic heterocycles. The van der Waals surface area contributed by atoms with Gasteiger partial charge in [-0.05, 0) is 15.6 Å². The SMILES string of the molecule is CCCCCCCCCCCCCCCCO.O=[P+]([O-])O[P+](=O)[O-].[Ca+2]. The van der Waals surface area contributed by atoms with Gasteiger partial charge in [-0.3, -0.25) is 0 Å². The molecule has 0 heterocycles. The standard InChI is InChI=1S/C16H34O.Ca.O5P2/c1-2-3-4-5-6-7-8-9-10-11-12-13-14-15-16-17;;1-6(2)5-7(3)4/h17H,2-16H2,1H3;;/q;+2;. The smallest absolute Gasteiger partial charge is 0.563 e. The van der Waals surface area contributed by atoms with Crippen LogP contribution >= 0.6 is 16.5 Å². The van der Waals surface area contributed by atoms with Crippen LogP contribution in [0.3, 0.4) is 0 Å². The molecule has 1 N–H and O–H groups in total. The molecule has 0 aliphatic carbocycles.